The quantitative estimate of drug-likeness (QED) is 0.847. The number of hydrogen-bond acceptors (Lipinski definition) is 2. The zero-order chi connectivity index (χ0) is 14.0. The molecule has 1 aliphatic heterocycles. The Kier molecular flexibility index (Phi) is 4.94. The Morgan fingerprint density at radius 1 is 1.26 bits per heavy atom. The van der Waals surface area contributed by atoms with Crippen LogP contribution in [0.5, 0.6) is 0 Å². The Labute approximate surface area is 120 Å². The van der Waals surface area contributed by atoms with Crippen molar-refractivity contribution in [2.75, 3.05) is 19.6 Å². The van der Waals surface area contributed by atoms with E-state index in [1.165, 1.54) is 51.7 Å². The summed E-state index contributed by atoms with van der Waals surface area (Å²) in [6.45, 7) is 13.4. The van der Waals surface area contributed by atoms with Crippen LogP contribution in [0.2, 0.25) is 0 Å². The maximum absolute atomic E-state index is 6.40. The first kappa shape index (κ1) is 15.3. The van der Waals surface area contributed by atoms with E-state index in [2.05, 4.69) is 32.6 Å². The molecule has 0 spiro atoms. The summed E-state index contributed by atoms with van der Waals surface area (Å²) in [6.07, 6.45) is 6.69. The third kappa shape index (κ3) is 4.19. The molecule has 0 aromatic heterocycles. The van der Waals surface area contributed by atoms with Crippen molar-refractivity contribution in [3.05, 3.63) is 0 Å². The summed E-state index contributed by atoms with van der Waals surface area (Å²) in [5.74, 6) is 2.46. The molecule has 112 valence electrons. The van der Waals surface area contributed by atoms with Crippen LogP contribution in [0.4, 0.5) is 0 Å². The second-order valence-electron chi connectivity index (χ2n) is 8.24. The minimum Gasteiger partial charge on any atom is -0.327 e. The van der Waals surface area contributed by atoms with E-state index in [1.54, 1.807) is 0 Å². The molecule has 1 saturated heterocycles. The van der Waals surface area contributed by atoms with E-state index in [0.29, 0.717) is 11.5 Å². The van der Waals surface area contributed by atoms with Gasteiger partial charge in [-0.25, -0.2) is 0 Å². The zero-order valence-corrected chi connectivity index (χ0v) is 13.5. The predicted octanol–water partition coefficient (Wildman–Crippen LogP) is 3.51. The Balaban J connectivity index is 1.89. The lowest BCUT2D eigenvalue weighted by atomic mass is 9.73. The van der Waals surface area contributed by atoms with Crippen molar-refractivity contribution < 1.29 is 0 Å². The first-order chi connectivity index (χ1) is 8.87. The van der Waals surface area contributed by atoms with Crippen molar-refractivity contribution in [1.29, 1.82) is 0 Å². The van der Waals surface area contributed by atoms with E-state index in [9.17, 15) is 0 Å². The summed E-state index contributed by atoms with van der Waals surface area (Å²) in [7, 11) is 0. The number of likely N-dealkylation sites (tertiary alicyclic amines) is 1. The van der Waals surface area contributed by atoms with Crippen LogP contribution in [-0.4, -0.2) is 30.6 Å². The van der Waals surface area contributed by atoms with Crippen LogP contribution >= 0.6 is 0 Å². The Morgan fingerprint density at radius 3 is 2.63 bits per heavy atom. The second kappa shape index (κ2) is 6.13. The zero-order valence-electron chi connectivity index (χ0n) is 13.5. The molecule has 2 aliphatic rings. The summed E-state index contributed by atoms with van der Waals surface area (Å²) in [5, 5.41) is 0. The molecular weight excluding hydrogens is 232 g/mol. The Morgan fingerprint density at radius 2 is 2.00 bits per heavy atom. The Bertz CT molecular complexity index is 285. The summed E-state index contributed by atoms with van der Waals surface area (Å²) < 4.78 is 0. The molecule has 2 heteroatoms. The van der Waals surface area contributed by atoms with Crippen LogP contribution in [-0.2, 0) is 0 Å². The van der Waals surface area contributed by atoms with Crippen LogP contribution in [0.1, 0.15) is 59.8 Å². The van der Waals surface area contributed by atoms with Crippen molar-refractivity contribution in [2.24, 2.45) is 28.9 Å². The topological polar surface area (TPSA) is 29.3 Å². The van der Waals surface area contributed by atoms with Gasteiger partial charge in [-0.1, -0.05) is 27.7 Å². The van der Waals surface area contributed by atoms with Crippen LogP contribution in [0.3, 0.4) is 0 Å². The van der Waals surface area contributed by atoms with Crippen molar-refractivity contribution in [1.82, 2.24) is 4.90 Å². The van der Waals surface area contributed by atoms with Gasteiger partial charge in [0.25, 0.3) is 0 Å². The third-order valence-electron chi connectivity index (χ3n) is 5.50. The maximum Gasteiger partial charge on any atom is 0.00795 e. The standard InChI is InChI=1S/C17H34N2/c1-13(2)14-6-7-16(18)15(10-14)11-19-9-5-8-17(3,4)12-19/h13-16H,5-12,18H2,1-4H3. The lowest BCUT2D eigenvalue weighted by molar-refractivity contribution is 0.0755. The van der Waals surface area contributed by atoms with Gasteiger partial charge in [-0.2, -0.15) is 0 Å². The number of nitrogens with zero attached hydrogens (tertiary/aromatic N) is 1. The molecule has 19 heavy (non-hydrogen) atoms. The molecule has 3 unspecified atom stereocenters. The highest BCUT2D eigenvalue weighted by Gasteiger charge is 2.33. The van der Waals surface area contributed by atoms with E-state index >= 15 is 0 Å². The molecule has 2 rings (SSSR count). The van der Waals surface area contributed by atoms with Crippen LogP contribution in [0.25, 0.3) is 0 Å². The van der Waals surface area contributed by atoms with Gasteiger partial charge in [0.15, 0.2) is 0 Å². The Hall–Kier alpha value is -0.0800. The van der Waals surface area contributed by atoms with E-state index < -0.39 is 0 Å². The summed E-state index contributed by atoms with van der Waals surface area (Å²) in [5.41, 5.74) is 6.91. The monoisotopic (exact) mass is 266 g/mol. The third-order valence-corrected chi connectivity index (χ3v) is 5.50. The average molecular weight is 266 g/mol. The summed E-state index contributed by atoms with van der Waals surface area (Å²) >= 11 is 0. The van der Waals surface area contributed by atoms with Crippen molar-refractivity contribution in [3.63, 3.8) is 0 Å². The molecule has 2 fully saturated rings. The minimum atomic E-state index is 0.444. The molecular formula is C17H34N2. The van der Waals surface area contributed by atoms with E-state index in [1.807, 2.05) is 0 Å². The van der Waals surface area contributed by atoms with Gasteiger partial charge in [0.2, 0.25) is 0 Å². The van der Waals surface area contributed by atoms with E-state index in [4.69, 9.17) is 5.73 Å². The summed E-state index contributed by atoms with van der Waals surface area (Å²) in [6, 6.07) is 0.444. The molecule has 1 heterocycles. The molecule has 3 atom stereocenters. The fourth-order valence-electron chi connectivity index (χ4n) is 4.17. The highest BCUT2D eigenvalue weighted by atomic mass is 15.1. The van der Waals surface area contributed by atoms with Gasteiger partial charge < -0.3 is 10.6 Å². The molecule has 0 aromatic carbocycles. The van der Waals surface area contributed by atoms with Gasteiger partial charge in [-0.3, -0.25) is 0 Å². The van der Waals surface area contributed by atoms with Crippen LogP contribution in [0, 0.1) is 23.2 Å². The highest BCUT2D eigenvalue weighted by Crippen LogP contribution is 2.35. The molecule has 1 saturated carbocycles. The van der Waals surface area contributed by atoms with Crippen molar-refractivity contribution in [2.45, 2.75) is 65.8 Å². The van der Waals surface area contributed by atoms with Gasteiger partial charge in [0.05, 0.1) is 0 Å². The largest absolute Gasteiger partial charge is 0.327 e. The normalized spacial score (nSPS) is 36.6. The SMILES string of the molecule is CC(C)C1CCC(N)C(CN2CCCC(C)(C)C2)C1. The van der Waals surface area contributed by atoms with Crippen LogP contribution < -0.4 is 5.73 Å². The smallest absolute Gasteiger partial charge is 0.00795 e. The lowest BCUT2D eigenvalue weighted by Gasteiger charge is -2.43. The van der Waals surface area contributed by atoms with E-state index in [-0.39, 0.29) is 0 Å². The van der Waals surface area contributed by atoms with Crippen molar-refractivity contribution in [3.8, 4) is 0 Å². The molecule has 2 N–H and O–H groups in total. The lowest BCUT2D eigenvalue weighted by Crippen LogP contribution is -2.48. The van der Waals surface area contributed by atoms with E-state index in [0.717, 1.165) is 17.8 Å². The van der Waals surface area contributed by atoms with Crippen molar-refractivity contribution >= 4 is 0 Å². The first-order valence-corrected chi connectivity index (χ1v) is 8.35. The van der Waals surface area contributed by atoms with Gasteiger partial charge in [0, 0.05) is 19.1 Å². The molecule has 0 aromatic rings. The number of nitrogens with two attached hydrogens (primary N) is 1. The van der Waals surface area contributed by atoms with Gasteiger partial charge in [0.1, 0.15) is 0 Å². The molecule has 0 bridgehead atoms. The van der Waals surface area contributed by atoms with Gasteiger partial charge in [-0.05, 0) is 61.8 Å². The summed E-state index contributed by atoms with van der Waals surface area (Å²) in [4.78, 5) is 2.69. The number of hydrogen-bond donors (Lipinski definition) is 1. The first-order valence-electron chi connectivity index (χ1n) is 8.35. The predicted molar refractivity (Wildman–Crippen MR) is 83.1 cm³/mol. The fraction of sp³-hybridized carbons (Fsp3) is 1.00. The molecule has 2 nitrogen and oxygen atoms in total. The van der Waals surface area contributed by atoms with Crippen LogP contribution in [0.15, 0.2) is 0 Å². The minimum absolute atomic E-state index is 0.444. The maximum atomic E-state index is 6.40. The molecule has 0 amide bonds. The van der Waals surface area contributed by atoms with Gasteiger partial charge in [-0.15, -0.1) is 0 Å². The molecule has 0 radical (unpaired) electrons. The fourth-order valence-corrected chi connectivity index (χ4v) is 4.17. The van der Waals surface area contributed by atoms with Gasteiger partial charge >= 0.3 is 0 Å². The highest BCUT2D eigenvalue weighted by molar-refractivity contribution is 4.88. The number of piperidine rings is 1. The average Bonchev–Trinajstić information content (AvgIpc) is 2.30. The second-order valence-corrected chi connectivity index (χ2v) is 8.24. The number of rotatable bonds is 3. The molecule has 1 aliphatic carbocycles.